The van der Waals surface area contributed by atoms with Gasteiger partial charge in [0.05, 0.1) is 32.2 Å². The van der Waals surface area contributed by atoms with Crippen LogP contribution in [0, 0.1) is 35.5 Å². The van der Waals surface area contributed by atoms with E-state index in [0.29, 0.717) is 37.0 Å². The molecule has 82 heavy (non-hydrogen) atoms. The highest BCUT2D eigenvalue weighted by Gasteiger charge is 2.46. The molecule has 0 bridgehead atoms. The van der Waals surface area contributed by atoms with Crippen molar-refractivity contribution >= 4 is 65.1 Å². The Morgan fingerprint density at radius 2 is 1.18 bits per heavy atom. The molecule has 4 N–H and O–H groups in total. The van der Waals surface area contributed by atoms with Gasteiger partial charge >= 0.3 is 11.9 Å². The van der Waals surface area contributed by atoms with Crippen molar-refractivity contribution < 1.29 is 67.3 Å². The monoisotopic (exact) mass is 1150 g/mol. The maximum absolute atomic E-state index is 14.9. The van der Waals surface area contributed by atoms with E-state index in [-0.39, 0.29) is 19.4 Å². The lowest BCUT2D eigenvalue weighted by Crippen LogP contribution is -2.63. The SMILES string of the molecule is CCC(C)C1C(=O)NCC(=O)N(C)C(C(C)C)C(=O)NC(Cc2ccc(OC)cc2)C(=O)OC(C(C)C)C(=O)N2CCCCC2C(=O)N(C)C(C(C)C)C(=O)NC(C(C)C)C(=O)N(C)C(CC(=O)O)C(=O)N(C)C(=O)C(C(C)CC)N1C. The number of methoxy groups -OCH3 is 1. The summed E-state index contributed by atoms with van der Waals surface area (Å²) in [6.07, 6.45) is -0.439. The minimum absolute atomic E-state index is 0.103. The Balaban J connectivity index is 2.32. The minimum atomic E-state index is -1.76. The van der Waals surface area contributed by atoms with Crippen LogP contribution in [-0.4, -0.2) is 209 Å². The summed E-state index contributed by atoms with van der Waals surface area (Å²) in [5, 5.41) is 18.5. The van der Waals surface area contributed by atoms with Crippen molar-refractivity contribution in [2.75, 3.05) is 55.4 Å². The number of hydrogen-bond donors (Lipinski definition) is 4. The first-order valence-electron chi connectivity index (χ1n) is 28.9. The Bertz CT molecular complexity index is 2430. The van der Waals surface area contributed by atoms with Crippen molar-refractivity contribution in [2.45, 2.75) is 182 Å². The highest BCUT2D eigenvalue weighted by atomic mass is 16.6. The third-order valence-corrected chi connectivity index (χ3v) is 16.3. The Morgan fingerprint density at radius 3 is 1.70 bits per heavy atom. The summed E-state index contributed by atoms with van der Waals surface area (Å²) >= 11 is 0. The van der Waals surface area contributed by atoms with Crippen LogP contribution in [0.3, 0.4) is 0 Å². The average molecular weight is 1150 g/mol. The number of cyclic esters (lactones) is 1. The van der Waals surface area contributed by atoms with Gasteiger partial charge < -0.3 is 50.1 Å². The molecule has 2 heterocycles. The molecule has 1 aromatic rings. The fraction of sp³-hybridized carbons (Fsp3) is 0.712. The van der Waals surface area contributed by atoms with E-state index >= 15 is 0 Å². The number of likely N-dealkylation sites (N-methyl/N-ethyl adjacent to an activating group) is 5. The third-order valence-electron chi connectivity index (χ3n) is 16.3. The summed E-state index contributed by atoms with van der Waals surface area (Å²) in [4.78, 5) is 166. The zero-order valence-corrected chi connectivity index (χ0v) is 51.8. The smallest absolute Gasteiger partial charge is 0.329 e. The quantitative estimate of drug-likeness (QED) is 0.163. The second-order valence-corrected chi connectivity index (χ2v) is 23.7. The second-order valence-electron chi connectivity index (χ2n) is 23.7. The van der Waals surface area contributed by atoms with E-state index in [1.807, 2.05) is 13.8 Å². The molecule has 23 heteroatoms. The van der Waals surface area contributed by atoms with Gasteiger partial charge in [0.1, 0.15) is 42.0 Å². The molecular formula is C59H95N9O14. The molecule has 11 atom stereocenters. The molecule has 9 amide bonds. The van der Waals surface area contributed by atoms with E-state index in [0.717, 1.165) is 9.80 Å². The number of imide groups is 1. The van der Waals surface area contributed by atoms with Crippen LogP contribution in [0.2, 0.25) is 0 Å². The summed E-state index contributed by atoms with van der Waals surface area (Å²) in [5.74, 6) is -12.1. The first-order chi connectivity index (χ1) is 38.3. The Labute approximate surface area is 485 Å². The number of carbonyl (C=O) groups excluding carboxylic acids is 10. The predicted molar refractivity (Wildman–Crippen MR) is 306 cm³/mol. The third kappa shape index (κ3) is 17.2. The number of rotatable bonds is 13. The highest BCUT2D eigenvalue weighted by Crippen LogP contribution is 2.28. The summed E-state index contributed by atoms with van der Waals surface area (Å²) in [6.45, 7) is 20.2. The van der Waals surface area contributed by atoms with Gasteiger partial charge in [0.25, 0.3) is 11.8 Å². The molecule has 0 spiro atoms. The molecule has 0 saturated carbocycles. The molecule has 2 fully saturated rings. The Morgan fingerprint density at radius 1 is 0.634 bits per heavy atom. The van der Waals surface area contributed by atoms with Crippen LogP contribution >= 0.6 is 0 Å². The number of ether oxygens (including phenoxy) is 2. The molecule has 1 aromatic carbocycles. The van der Waals surface area contributed by atoms with Gasteiger partial charge in [-0.3, -0.25) is 57.7 Å². The zero-order chi connectivity index (χ0) is 62.4. The number of nitrogens with zero attached hydrogens (tertiary/aromatic N) is 6. The number of aliphatic carboxylic acids is 1. The lowest BCUT2D eigenvalue weighted by atomic mass is 9.90. The number of piperidine rings is 1. The molecular weight excluding hydrogens is 1060 g/mol. The van der Waals surface area contributed by atoms with Crippen LogP contribution in [0.4, 0.5) is 0 Å². The number of benzene rings is 1. The number of esters is 1. The van der Waals surface area contributed by atoms with Crippen LogP contribution in [-0.2, 0) is 63.9 Å². The number of fused-ring (bicyclic) bond motifs is 1. The predicted octanol–water partition coefficient (Wildman–Crippen LogP) is 2.96. The largest absolute Gasteiger partial charge is 0.497 e. The average Bonchev–Trinajstić information content (AvgIpc) is 3.42. The van der Waals surface area contributed by atoms with E-state index in [1.54, 1.807) is 101 Å². The van der Waals surface area contributed by atoms with Gasteiger partial charge in [-0.25, -0.2) is 4.79 Å². The van der Waals surface area contributed by atoms with Crippen LogP contribution in [0.1, 0.15) is 127 Å². The molecule has 23 nitrogen and oxygen atoms in total. The standard InChI is InChI=1S/C59H95N9O14/c1-19-36(11)48-51(72)60-31-43(69)64(14)46(33(5)6)52(73)61-40(29-38-24-26-39(81-18)27-25-38)59(80)82-50(35(9)10)58(79)68-28-22-21-23-41(68)54(75)66(16)47(34(7)8)53(74)62-45(32(3)4)56(77)63(13)42(30-44(70)71)55(76)67(17)57(78)49(65(48)15)37(12)20-2/h24-27,32-37,40-42,45-50H,19-23,28-31H2,1-18H3,(H,60,72)(H,61,73)(H,62,74)(H,70,71). The van der Waals surface area contributed by atoms with Gasteiger partial charge in [-0.2, -0.15) is 0 Å². The Hall–Kier alpha value is -6.65. The van der Waals surface area contributed by atoms with Gasteiger partial charge in [0.2, 0.25) is 41.4 Å². The maximum atomic E-state index is 14.9. The maximum Gasteiger partial charge on any atom is 0.329 e. The Kier molecular flexibility index (Phi) is 26.4. The van der Waals surface area contributed by atoms with Gasteiger partial charge in [-0.1, -0.05) is 108 Å². The van der Waals surface area contributed by atoms with Crippen molar-refractivity contribution in [1.29, 1.82) is 0 Å². The number of carboxylic acids is 1. The first-order valence-corrected chi connectivity index (χ1v) is 28.9. The number of amides is 9. The molecule has 0 aliphatic carbocycles. The van der Waals surface area contributed by atoms with Crippen molar-refractivity contribution in [3.63, 3.8) is 0 Å². The summed E-state index contributed by atoms with van der Waals surface area (Å²) < 4.78 is 11.5. The normalized spacial score (nSPS) is 26.7. The van der Waals surface area contributed by atoms with Crippen molar-refractivity contribution in [1.82, 2.24) is 45.3 Å². The highest BCUT2D eigenvalue weighted by molar-refractivity contribution is 6.03. The van der Waals surface area contributed by atoms with E-state index in [4.69, 9.17) is 9.47 Å². The van der Waals surface area contributed by atoms with E-state index in [1.165, 1.54) is 54.9 Å². The van der Waals surface area contributed by atoms with Crippen molar-refractivity contribution in [2.24, 2.45) is 35.5 Å². The van der Waals surface area contributed by atoms with Crippen LogP contribution < -0.4 is 20.7 Å². The van der Waals surface area contributed by atoms with Gasteiger partial charge in [-0.15, -0.1) is 0 Å². The molecule has 0 aromatic heterocycles. The van der Waals surface area contributed by atoms with Crippen molar-refractivity contribution in [3.05, 3.63) is 29.8 Å². The zero-order valence-electron chi connectivity index (χ0n) is 51.8. The number of carboxylic acid groups (broad SMARTS) is 1. The topological polar surface area (TPSA) is 282 Å². The van der Waals surface area contributed by atoms with E-state index in [9.17, 15) is 57.8 Å². The fourth-order valence-corrected chi connectivity index (χ4v) is 11.0. The summed E-state index contributed by atoms with van der Waals surface area (Å²) in [7, 11) is 8.24. The number of nitrogens with one attached hydrogen (secondary N) is 3. The molecule has 0 radical (unpaired) electrons. The molecule has 11 unspecified atom stereocenters. The van der Waals surface area contributed by atoms with Crippen LogP contribution in [0.15, 0.2) is 24.3 Å². The second kappa shape index (κ2) is 31.1. The van der Waals surface area contributed by atoms with E-state index < -0.39 is 168 Å². The van der Waals surface area contributed by atoms with Crippen LogP contribution in [0.25, 0.3) is 0 Å². The molecule has 2 saturated heterocycles. The summed E-state index contributed by atoms with van der Waals surface area (Å²) in [5.41, 5.74) is 0.587. The van der Waals surface area contributed by atoms with Crippen LogP contribution in [0.5, 0.6) is 5.75 Å². The molecule has 460 valence electrons. The lowest BCUT2D eigenvalue weighted by molar-refractivity contribution is -0.169. The molecule has 2 aliphatic heterocycles. The van der Waals surface area contributed by atoms with Gasteiger partial charge in [0, 0.05) is 41.2 Å². The molecule has 2 aliphatic rings. The number of carbonyl (C=O) groups is 11. The van der Waals surface area contributed by atoms with Gasteiger partial charge in [-0.05, 0) is 79.5 Å². The lowest BCUT2D eigenvalue weighted by Gasteiger charge is -2.41. The van der Waals surface area contributed by atoms with Crippen molar-refractivity contribution in [3.8, 4) is 5.75 Å². The number of hydrogen-bond acceptors (Lipinski definition) is 14. The first kappa shape index (κ1) is 69.6. The van der Waals surface area contributed by atoms with E-state index in [2.05, 4.69) is 16.0 Å². The fourth-order valence-electron chi connectivity index (χ4n) is 11.0. The summed E-state index contributed by atoms with van der Waals surface area (Å²) in [6, 6.07) is -3.60. The molecule has 3 rings (SSSR count). The van der Waals surface area contributed by atoms with Gasteiger partial charge in [0.15, 0.2) is 6.10 Å². The minimum Gasteiger partial charge on any atom is -0.497 e.